The van der Waals surface area contributed by atoms with Crippen LogP contribution in [0.4, 0.5) is 17.2 Å². The number of benzene rings is 1. The highest BCUT2D eigenvalue weighted by molar-refractivity contribution is 6.05. The molecule has 1 N–H and O–H groups in total. The first-order chi connectivity index (χ1) is 15.5. The number of non-ortho nitro benzene ring substituents is 1. The van der Waals surface area contributed by atoms with E-state index in [1.165, 1.54) is 24.4 Å². The summed E-state index contributed by atoms with van der Waals surface area (Å²) in [7, 11) is 0. The first kappa shape index (κ1) is 20.7. The molecule has 0 atom stereocenters. The molecule has 1 aliphatic rings. The fourth-order valence-electron chi connectivity index (χ4n) is 3.03. The lowest BCUT2D eigenvalue weighted by molar-refractivity contribution is -0.384. The van der Waals surface area contributed by atoms with Crippen molar-refractivity contribution in [3.05, 3.63) is 76.7 Å². The maximum absolute atomic E-state index is 12.7. The molecule has 32 heavy (non-hydrogen) atoms. The van der Waals surface area contributed by atoms with E-state index in [1.54, 1.807) is 36.7 Å². The Bertz CT molecular complexity index is 1170. The van der Waals surface area contributed by atoms with E-state index in [2.05, 4.69) is 15.3 Å². The van der Waals surface area contributed by atoms with Crippen molar-refractivity contribution in [3.8, 4) is 11.5 Å². The van der Waals surface area contributed by atoms with Crippen molar-refractivity contribution in [1.29, 1.82) is 0 Å². The maximum Gasteiger partial charge on any atom is 0.271 e. The van der Waals surface area contributed by atoms with Crippen LogP contribution in [0.25, 0.3) is 0 Å². The van der Waals surface area contributed by atoms with Gasteiger partial charge in [-0.15, -0.1) is 0 Å². The Morgan fingerprint density at radius 2 is 2.03 bits per heavy atom. The highest BCUT2D eigenvalue weighted by Gasteiger charge is 2.29. The Hall–Kier alpha value is -4.54. The molecule has 0 aliphatic carbocycles. The summed E-state index contributed by atoms with van der Waals surface area (Å²) in [4.78, 5) is 44.8. The molecule has 11 heteroatoms. The monoisotopic (exact) mass is 435 g/mol. The number of hydrogen-bond donors (Lipinski definition) is 1. The van der Waals surface area contributed by atoms with E-state index in [1.807, 2.05) is 0 Å². The summed E-state index contributed by atoms with van der Waals surface area (Å²) >= 11 is 0. The maximum atomic E-state index is 12.7. The molecule has 0 fully saturated rings. The zero-order valence-electron chi connectivity index (χ0n) is 16.6. The number of nitrogens with one attached hydrogen (secondary N) is 1. The number of anilines is 2. The normalized spacial score (nSPS) is 12.5. The van der Waals surface area contributed by atoms with Gasteiger partial charge in [-0.3, -0.25) is 29.6 Å². The molecule has 11 nitrogen and oxygen atoms in total. The molecule has 0 bridgehead atoms. The van der Waals surface area contributed by atoms with Gasteiger partial charge in [-0.2, -0.15) is 0 Å². The number of carbonyl (C=O) groups excluding carboxylic acids is 2. The second kappa shape index (κ2) is 9.08. The number of hydrogen-bond acceptors (Lipinski definition) is 8. The molecular weight excluding hydrogens is 418 g/mol. The van der Waals surface area contributed by atoms with Crippen LogP contribution < -0.4 is 19.7 Å². The van der Waals surface area contributed by atoms with E-state index in [4.69, 9.17) is 9.47 Å². The van der Waals surface area contributed by atoms with E-state index in [0.717, 1.165) is 10.5 Å². The number of rotatable bonds is 7. The lowest BCUT2D eigenvalue weighted by Gasteiger charge is -2.28. The van der Waals surface area contributed by atoms with Gasteiger partial charge < -0.3 is 14.8 Å². The second-order valence-electron chi connectivity index (χ2n) is 6.72. The van der Waals surface area contributed by atoms with Crippen molar-refractivity contribution < 1.29 is 24.0 Å². The molecule has 3 aromatic rings. The molecule has 3 heterocycles. The van der Waals surface area contributed by atoms with Gasteiger partial charge in [0.05, 0.1) is 10.6 Å². The minimum absolute atomic E-state index is 0.154. The quantitative estimate of drug-likeness (QED) is 0.441. The van der Waals surface area contributed by atoms with Crippen LogP contribution in [0.5, 0.6) is 11.5 Å². The van der Waals surface area contributed by atoms with Gasteiger partial charge in [-0.25, -0.2) is 4.98 Å². The standard InChI is InChI=1S/C21H17N5O6/c27-19(11-25-16-10-15(26(29)30)3-4-17(16)32-13-20(25)28)24-21-18(2-1-7-23-21)31-12-14-5-8-22-9-6-14/h1-10H,11-13H2,(H,23,24,27). The van der Waals surface area contributed by atoms with Crippen molar-refractivity contribution in [1.82, 2.24) is 9.97 Å². The van der Waals surface area contributed by atoms with Gasteiger partial charge in [0.25, 0.3) is 11.6 Å². The number of pyridine rings is 2. The average molecular weight is 435 g/mol. The van der Waals surface area contributed by atoms with Gasteiger partial charge >= 0.3 is 0 Å². The molecule has 2 amide bonds. The van der Waals surface area contributed by atoms with E-state index >= 15 is 0 Å². The molecule has 4 rings (SSSR count). The molecular formula is C21H17N5O6. The van der Waals surface area contributed by atoms with Gasteiger partial charge in [0, 0.05) is 30.7 Å². The van der Waals surface area contributed by atoms with Gasteiger partial charge in [0.1, 0.15) is 18.9 Å². The molecule has 2 aromatic heterocycles. The number of ether oxygens (including phenoxy) is 2. The number of aromatic nitrogens is 2. The third-order valence-corrected chi connectivity index (χ3v) is 4.57. The minimum Gasteiger partial charge on any atom is -0.485 e. The molecule has 0 saturated heterocycles. The minimum atomic E-state index is -0.585. The van der Waals surface area contributed by atoms with Crippen LogP contribution in [0.15, 0.2) is 61.1 Å². The van der Waals surface area contributed by atoms with E-state index in [9.17, 15) is 19.7 Å². The number of nitrogens with zero attached hydrogens (tertiary/aromatic N) is 4. The lowest BCUT2D eigenvalue weighted by Crippen LogP contribution is -2.43. The van der Waals surface area contributed by atoms with Crippen molar-refractivity contribution in [2.75, 3.05) is 23.4 Å². The van der Waals surface area contributed by atoms with Crippen LogP contribution in [0.3, 0.4) is 0 Å². The first-order valence-corrected chi connectivity index (χ1v) is 9.49. The molecule has 0 spiro atoms. The van der Waals surface area contributed by atoms with Crippen molar-refractivity contribution in [2.24, 2.45) is 0 Å². The Morgan fingerprint density at radius 3 is 2.81 bits per heavy atom. The Morgan fingerprint density at radius 1 is 1.22 bits per heavy atom. The summed E-state index contributed by atoms with van der Waals surface area (Å²) < 4.78 is 11.1. The largest absolute Gasteiger partial charge is 0.485 e. The van der Waals surface area contributed by atoms with Gasteiger partial charge in [0.2, 0.25) is 5.91 Å². The van der Waals surface area contributed by atoms with Crippen LogP contribution in [-0.4, -0.2) is 39.9 Å². The lowest BCUT2D eigenvalue weighted by atomic mass is 10.2. The summed E-state index contributed by atoms with van der Waals surface area (Å²) in [6.45, 7) is -0.408. The van der Waals surface area contributed by atoms with Gasteiger partial charge in [-0.05, 0) is 35.9 Å². The highest BCUT2D eigenvalue weighted by Crippen LogP contribution is 2.35. The predicted octanol–water partition coefficient (Wildman–Crippen LogP) is 2.33. The number of fused-ring (bicyclic) bond motifs is 1. The molecule has 1 aromatic carbocycles. The smallest absolute Gasteiger partial charge is 0.271 e. The van der Waals surface area contributed by atoms with Crippen molar-refractivity contribution >= 4 is 29.0 Å². The van der Waals surface area contributed by atoms with Crippen LogP contribution in [0.1, 0.15) is 5.56 Å². The Labute approximate surface area is 181 Å². The molecule has 1 aliphatic heterocycles. The van der Waals surface area contributed by atoms with E-state index < -0.39 is 16.7 Å². The second-order valence-corrected chi connectivity index (χ2v) is 6.72. The topological polar surface area (TPSA) is 137 Å². The van der Waals surface area contributed by atoms with Gasteiger partial charge in [0.15, 0.2) is 18.2 Å². The average Bonchev–Trinajstić information content (AvgIpc) is 2.80. The van der Waals surface area contributed by atoms with E-state index in [-0.39, 0.29) is 42.7 Å². The van der Waals surface area contributed by atoms with Crippen molar-refractivity contribution in [3.63, 3.8) is 0 Å². The fraction of sp³-hybridized carbons (Fsp3) is 0.143. The predicted molar refractivity (Wildman–Crippen MR) is 112 cm³/mol. The van der Waals surface area contributed by atoms with Crippen LogP contribution in [-0.2, 0) is 16.2 Å². The first-order valence-electron chi connectivity index (χ1n) is 9.49. The summed E-state index contributed by atoms with van der Waals surface area (Å²) in [5, 5.41) is 13.7. The number of amides is 2. The third kappa shape index (κ3) is 4.61. The highest BCUT2D eigenvalue weighted by atomic mass is 16.6. The summed E-state index contributed by atoms with van der Waals surface area (Å²) in [6.07, 6.45) is 4.78. The van der Waals surface area contributed by atoms with Crippen molar-refractivity contribution in [2.45, 2.75) is 6.61 Å². The number of nitro benzene ring substituents is 1. The van der Waals surface area contributed by atoms with Crippen LogP contribution >= 0.6 is 0 Å². The Kier molecular flexibility index (Phi) is 5.88. The summed E-state index contributed by atoms with van der Waals surface area (Å²) in [5.74, 6) is -0.232. The van der Waals surface area contributed by atoms with E-state index in [0.29, 0.717) is 5.75 Å². The number of carbonyl (C=O) groups is 2. The fourth-order valence-corrected chi connectivity index (χ4v) is 3.03. The zero-order valence-corrected chi connectivity index (χ0v) is 16.6. The molecule has 162 valence electrons. The molecule has 0 saturated carbocycles. The van der Waals surface area contributed by atoms with Gasteiger partial charge in [-0.1, -0.05) is 0 Å². The number of nitro groups is 1. The third-order valence-electron chi connectivity index (χ3n) is 4.57. The molecule has 0 unspecified atom stereocenters. The van der Waals surface area contributed by atoms with Crippen LogP contribution in [0, 0.1) is 10.1 Å². The zero-order chi connectivity index (χ0) is 22.5. The molecule has 0 radical (unpaired) electrons. The van der Waals surface area contributed by atoms with Crippen LogP contribution in [0.2, 0.25) is 0 Å². The summed E-state index contributed by atoms with van der Waals surface area (Å²) in [5.41, 5.74) is 0.822. The summed E-state index contributed by atoms with van der Waals surface area (Å²) in [6, 6.07) is 10.8. The Balaban J connectivity index is 1.48. The SMILES string of the molecule is O=C(CN1C(=O)COc2ccc([N+](=O)[O-])cc21)Nc1ncccc1OCc1ccncc1.